The Hall–Kier alpha value is -5.34. The Balaban J connectivity index is 1.36. The zero-order valence-electron chi connectivity index (χ0n) is 25.4. The Kier molecular flexibility index (Phi) is 10.1. The summed E-state index contributed by atoms with van der Waals surface area (Å²) in [5, 5.41) is 12.1. The number of amides is 3. The molecule has 1 aliphatic rings. The highest BCUT2D eigenvalue weighted by Crippen LogP contribution is 2.49. The van der Waals surface area contributed by atoms with Crippen molar-refractivity contribution in [3.8, 4) is 23.0 Å². The number of methoxy groups -OCH3 is 1. The molecular formula is C33H33F2N5O7. The molecule has 0 aliphatic heterocycles. The molecule has 14 heteroatoms. The molecule has 0 saturated heterocycles. The number of carbonyl (C=O) groups is 3. The third-order valence-corrected chi connectivity index (χ3v) is 7.71. The summed E-state index contributed by atoms with van der Waals surface area (Å²) in [4.78, 5) is 42.4. The van der Waals surface area contributed by atoms with E-state index in [0.29, 0.717) is 48.5 Å². The highest BCUT2D eigenvalue weighted by molar-refractivity contribution is 6.16. The summed E-state index contributed by atoms with van der Waals surface area (Å²) in [6.45, 7) is 1.27. The zero-order valence-corrected chi connectivity index (χ0v) is 25.4. The first-order valence-corrected chi connectivity index (χ1v) is 14.8. The number of carbonyl (C=O) groups excluding carboxylic acids is 3. The number of hydroxylamine groups is 1. The summed E-state index contributed by atoms with van der Waals surface area (Å²) >= 11 is 0. The first kappa shape index (κ1) is 33.0. The zero-order chi connectivity index (χ0) is 33.6. The highest BCUT2D eigenvalue weighted by Gasteiger charge is 2.57. The van der Waals surface area contributed by atoms with Crippen molar-refractivity contribution in [2.45, 2.75) is 25.7 Å². The Morgan fingerprint density at radius 2 is 1.70 bits per heavy atom. The van der Waals surface area contributed by atoms with Crippen LogP contribution in [0.1, 0.15) is 25.7 Å². The number of anilines is 2. The van der Waals surface area contributed by atoms with Gasteiger partial charge < -0.3 is 25.3 Å². The molecule has 4 aromatic rings. The number of hydrogen-bond acceptors (Lipinski definition) is 9. The van der Waals surface area contributed by atoms with E-state index in [4.69, 9.17) is 25.2 Å². The summed E-state index contributed by atoms with van der Waals surface area (Å²) < 4.78 is 46.7. The van der Waals surface area contributed by atoms with Crippen molar-refractivity contribution in [2.75, 3.05) is 31.7 Å². The molecule has 3 aromatic carbocycles. The van der Waals surface area contributed by atoms with Gasteiger partial charge in [-0.2, -0.15) is 0 Å². The van der Waals surface area contributed by atoms with E-state index in [1.54, 1.807) is 23.7 Å². The van der Waals surface area contributed by atoms with Crippen molar-refractivity contribution in [1.82, 2.24) is 15.8 Å². The predicted molar refractivity (Wildman–Crippen MR) is 167 cm³/mol. The maximum Gasteiger partial charge on any atom is 0.247 e. The minimum atomic E-state index is -1.41. The number of fused-ring (bicyclic) bond motifs is 1. The van der Waals surface area contributed by atoms with E-state index in [1.807, 2.05) is 0 Å². The minimum absolute atomic E-state index is 0.102. The summed E-state index contributed by atoms with van der Waals surface area (Å²) in [5.41, 5.74) is 6.55. The SMILES string of the molecule is COc1cc2nccc(Oc3ccc(N(C(=O)C4(C(N)=O)CC4)c4ccc(F)cc4)cc3F)c2cc1OCCCNCCC(=O)NO. The number of aromatic nitrogens is 1. The molecular weight excluding hydrogens is 616 g/mol. The van der Waals surface area contributed by atoms with Gasteiger partial charge in [0.2, 0.25) is 17.7 Å². The smallest absolute Gasteiger partial charge is 0.247 e. The minimum Gasteiger partial charge on any atom is -0.493 e. The van der Waals surface area contributed by atoms with Gasteiger partial charge in [0.05, 0.1) is 24.9 Å². The third kappa shape index (κ3) is 7.39. The lowest BCUT2D eigenvalue weighted by Gasteiger charge is -2.26. The first-order valence-electron chi connectivity index (χ1n) is 14.8. The normalized spacial score (nSPS) is 13.1. The van der Waals surface area contributed by atoms with E-state index in [-0.39, 0.29) is 42.1 Å². The third-order valence-electron chi connectivity index (χ3n) is 7.71. The van der Waals surface area contributed by atoms with Crippen LogP contribution in [0.2, 0.25) is 0 Å². The standard InChI is InChI=1S/C33H33F2N5O7/c1-45-28-19-25-23(18-29(28)46-16-2-13-37-14-10-30(41)39-44)26(9-15-38-25)47-27-8-7-22(17-24(27)35)40(21-5-3-20(34)4-6-21)32(43)33(11-12-33)31(36)42/h3-9,15,17-19,37,44H,2,10-14,16H2,1H3,(H2,36,42)(H,39,41). The molecule has 3 amide bonds. The monoisotopic (exact) mass is 649 g/mol. The number of halogens is 2. The highest BCUT2D eigenvalue weighted by atomic mass is 19.1. The molecule has 5 rings (SSSR count). The van der Waals surface area contributed by atoms with Gasteiger partial charge in [0.1, 0.15) is 17.0 Å². The molecule has 246 valence electrons. The van der Waals surface area contributed by atoms with Gasteiger partial charge in [-0.25, -0.2) is 14.3 Å². The lowest BCUT2D eigenvalue weighted by atomic mass is 10.0. The van der Waals surface area contributed by atoms with Crippen molar-refractivity contribution in [3.63, 3.8) is 0 Å². The van der Waals surface area contributed by atoms with Crippen LogP contribution >= 0.6 is 0 Å². The van der Waals surface area contributed by atoms with Gasteiger partial charge in [-0.1, -0.05) is 0 Å². The van der Waals surface area contributed by atoms with Gasteiger partial charge in [-0.3, -0.25) is 29.5 Å². The molecule has 0 spiro atoms. The van der Waals surface area contributed by atoms with Crippen LogP contribution in [0.4, 0.5) is 20.2 Å². The predicted octanol–water partition coefficient (Wildman–Crippen LogP) is 4.50. The van der Waals surface area contributed by atoms with Crippen LogP contribution in [0, 0.1) is 17.0 Å². The lowest BCUT2D eigenvalue weighted by Crippen LogP contribution is -2.41. The Bertz CT molecular complexity index is 1780. The maximum atomic E-state index is 15.7. The Labute approximate surface area is 268 Å². The second kappa shape index (κ2) is 14.4. The van der Waals surface area contributed by atoms with Gasteiger partial charge in [0, 0.05) is 42.4 Å². The molecule has 5 N–H and O–H groups in total. The molecule has 0 bridgehead atoms. The molecule has 1 aromatic heterocycles. The second-order valence-corrected chi connectivity index (χ2v) is 10.8. The molecule has 1 heterocycles. The van der Waals surface area contributed by atoms with E-state index in [0.717, 1.165) is 23.1 Å². The van der Waals surface area contributed by atoms with Crippen LogP contribution < -0.4 is 35.6 Å². The number of ether oxygens (including phenoxy) is 3. The molecule has 47 heavy (non-hydrogen) atoms. The molecule has 0 unspecified atom stereocenters. The maximum absolute atomic E-state index is 15.7. The number of benzene rings is 3. The van der Waals surface area contributed by atoms with Crippen LogP contribution in [0.3, 0.4) is 0 Å². The van der Waals surface area contributed by atoms with Gasteiger partial charge in [-0.05, 0) is 74.3 Å². The van der Waals surface area contributed by atoms with Gasteiger partial charge in [0.15, 0.2) is 23.1 Å². The lowest BCUT2D eigenvalue weighted by molar-refractivity contribution is -0.133. The van der Waals surface area contributed by atoms with E-state index in [2.05, 4.69) is 10.3 Å². The second-order valence-electron chi connectivity index (χ2n) is 10.8. The fraction of sp³-hybridized carbons (Fsp3) is 0.273. The van der Waals surface area contributed by atoms with Crippen LogP contribution in [0.5, 0.6) is 23.0 Å². The molecule has 1 aliphatic carbocycles. The molecule has 0 atom stereocenters. The van der Waals surface area contributed by atoms with Gasteiger partial charge in [0.25, 0.3) is 0 Å². The first-order chi connectivity index (χ1) is 22.7. The van der Waals surface area contributed by atoms with E-state index < -0.39 is 34.8 Å². The van der Waals surface area contributed by atoms with Crippen molar-refractivity contribution >= 4 is 40.0 Å². The van der Waals surface area contributed by atoms with Crippen LogP contribution in [-0.2, 0) is 14.4 Å². The quantitative estimate of drug-likeness (QED) is 0.0628. The van der Waals surface area contributed by atoms with Gasteiger partial charge >= 0.3 is 0 Å². The summed E-state index contributed by atoms with van der Waals surface area (Å²) in [6.07, 6.45) is 2.76. The number of rotatable bonds is 15. The average molecular weight is 650 g/mol. The van der Waals surface area contributed by atoms with Crippen LogP contribution in [-0.4, -0.2) is 54.7 Å². The van der Waals surface area contributed by atoms with Crippen LogP contribution in [0.25, 0.3) is 10.9 Å². The van der Waals surface area contributed by atoms with Crippen molar-refractivity contribution in [3.05, 3.63) is 78.5 Å². The van der Waals surface area contributed by atoms with Crippen LogP contribution in [0.15, 0.2) is 66.9 Å². The van der Waals surface area contributed by atoms with E-state index in [1.165, 1.54) is 37.6 Å². The summed E-state index contributed by atoms with van der Waals surface area (Å²) in [5.74, 6) is -2.25. The number of primary amides is 1. The van der Waals surface area contributed by atoms with Crippen molar-refractivity contribution < 1.29 is 42.6 Å². The van der Waals surface area contributed by atoms with Crippen molar-refractivity contribution in [2.24, 2.45) is 11.1 Å². The molecule has 1 saturated carbocycles. The Morgan fingerprint density at radius 3 is 2.36 bits per heavy atom. The van der Waals surface area contributed by atoms with E-state index >= 15 is 4.39 Å². The summed E-state index contributed by atoms with van der Waals surface area (Å²) in [7, 11) is 1.49. The van der Waals surface area contributed by atoms with Gasteiger partial charge in [-0.15, -0.1) is 0 Å². The fourth-order valence-corrected chi connectivity index (χ4v) is 4.96. The molecule has 12 nitrogen and oxygen atoms in total. The topological polar surface area (TPSA) is 165 Å². The number of pyridine rings is 1. The fourth-order valence-electron chi connectivity index (χ4n) is 4.96. The number of nitrogens with two attached hydrogens (primary N) is 1. The molecule has 1 fully saturated rings. The summed E-state index contributed by atoms with van der Waals surface area (Å²) in [6, 6.07) is 13.9. The molecule has 0 radical (unpaired) electrons. The van der Waals surface area contributed by atoms with Crippen molar-refractivity contribution in [1.29, 1.82) is 0 Å². The average Bonchev–Trinajstić information content (AvgIpc) is 3.89. The largest absolute Gasteiger partial charge is 0.493 e. The Morgan fingerprint density at radius 1 is 0.957 bits per heavy atom. The number of nitrogens with one attached hydrogen (secondary N) is 2. The number of hydrogen-bond donors (Lipinski definition) is 4. The van der Waals surface area contributed by atoms with E-state index in [9.17, 15) is 18.8 Å². The number of nitrogens with zero attached hydrogens (tertiary/aromatic N) is 2.